The van der Waals surface area contributed by atoms with E-state index in [-0.39, 0.29) is 23.3 Å². The zero-order chi connectivity index (χ0) is 33.1. The second-order valence-corrected chi connectivity index (χ2v) is 12.7. The quantitative estimate of drug-likeness (QED) is 0.225. The Hall–Kier alpha value is -5.21. The standard InChI is InChI=1S/C36H40N8O3/c1-25(45)41-18-20-43(21-19-41)36(2,3)22-28(23-37)35(46)42-16-7-8-27(24-42)34-40-31(32-33(38)39-15-17-44(32)34)26-11-13-30(14-12-26)47-29-9-5-4-6-10-29/h4-6,9-15,17,22,27H,7-8,16,18-21,24H2,1-3H3,(H2,38,39)/b28-22-/t27-/m1/s1. The third-order valence-corrected chi connectivity index (χ3v) is 9.18. The monoisotopic (exact) mass is 632 g/mol. The number of anilines is 1. The number of piperidine rings is 1. The Balaban J connectivity index is 1.23. The van der Waals surface area contributed by atoms with Gasteiger partial charge in [-0.25, -0.2) is 9.97 Å². The molecule has 0 aliphatic carbocycles. The van der Waals surface area contributed by atoms with Crippen molar-refractivity contribution in [3.63, 3.8) is 0 Å². The normalized spacial score (nSPS) is 17.8. The molecule has 2 aromatic carbocycles. The number of rotatable bonds is 7. The lowest BCUT2D eigenvalue weighted by molar-refractivity contribution is -0.131. The Bertz CT molecular complexity index is 1830. The number of nitrogen functional groups attached to an aromatic ring is 1. The molecular weight excluding hydrogens is 592 g/mol. The number of para-hydroxylation sites is 1. The van der Waals surface area contributed by atoms with Gasteiger partial charge >= 0.3 is 0 Å². The number of nitriles is 1. The number of carbonyl (C=O) groups is 2. The first-order valence-corrected chi connectivity index (χ1v) is 16.0. The molecule has 47 heavy (non-hydrogen) atoms. The molecule has 0 bridgehead atoms. The van der Waals surface area contributed by atoms with Gasteiger partial charge in [0.25, 0.3) is 5.91 Å². The Labute approximate surface area is 274 Å². The van der Waals surface area contributed by atoms with E-state index >= 15 is 0 Å². The van der Waals surface area contributed by atoms with E-state index < -0.39 is 5.54 Å². The molecule has 242 valence electrons. The fourth-order valence-corrected chi connectivity index (χ4v) is 6.61. The molecule has 6 rings (SSSR count). The molecule has 11 heteroatoms. The maximum atomic E-state index is 13.8. The molecule has 1 atom stereocenters. The zero-order valence-electron chi connectivity index (χ0n) is 27.1. The fraction of sp³-hybridized carbons (Fsp3) is 0.361. The second-order valence-electron chi connectivity index (χ2n) is 12.7. The maximum Gasteiger partial charge on any atom is 0.264 e. The first-order chi connectivity index (χ1) is 22.6. The maximum absolute atomic E-state index is 13.8. The molecule has 11 nitrogen and oxygen atoms in total. The number of benzene rings is 2. The Morgan fingerprint density at radius 3 is 2.38 bits per heavy atom. The molecule has 2 N–H and O–H groups in total. The van der Waals surface area contributed by atoms with Crippen LogP contribution in [0.25, 0.3) is 16.8 Å². The van der Waals surface area contributed by atoms with Crippen LogP contribution < -0.4 is 10.5 Å². The molecule has 4 aromatic rings. The van der Waals surface area contributed by atoms with Crippen LogP contribution in [0.2, 0.25) is 0 Å². The highest BCUT2D eigenvalue weighted by molar-refractivity contribution is 5.97. The van der Waals surface area contributed by atoms with Crippen LogP contribution in [0.5, 0.6) is 11.5 Å². The van der Waals surface area contributed by atoms with Crippen LogP contribution in [0.4, 0.5) is 5.82 Å². The first-order valence-electron chi connectivity index (χ1n) is 16.0. The summed E-state index contributed by atoms with van der Waals surface area (Å²) in [4.78, 5) is 40.9. The van der Waals surface area contributed by atoms with Gasteiger partial charge in [0, 0.05) is 75.6 Å². The highest BCUT2D eigenvalue weighted by Gasteiger charge is 2.34. The SMILES string of the molecule is CC(=O)N1CCN(C(C)(C)/C=C(/C#N)C(=O)N2CCC[C@@H](c3nc(-c4ccc(Oc5ccccc5)cc4)c4c(N)nccn34)C2)CC1. The van der Waals surface area contributed by atoms with Gasteiger partial charge in [0.15, 0.2) is 0 Å². The van der Waals surface area contributed by atoms with Gasteiger partial charge in [0.1, 0.15) is 46.0 Å². The van der Waals surface area contributed by atoms with E-state index in [9.17, 15) is 14.9 Å². The van der Waals surface area contributed by atoms with Gasteiger partial charge in [-0.2, -0.15) is 5.26 Å². The Morgan fingerprint density at radius 1 is 1.00 bits per heavy atom. The molecule has 0 saturated carbocycles. The van der Waals surface area contributed by atoms with E-state index in [1.807, 2.05) is 83.9 Å². The van der Waals surface area contributed by atoms with E-state index in [4.69, 9.17) is 15.5 Å². The number of nitrogens with two attached hydrogens (primary N) is 1. The van der Waals surface area contributed by atoms with Crippen molar-refractivity contribution in [1.29, 1.82) is 5.26 Å². The number of hydrogen-bond donors (Lipinski definition) is 1. The average Bonchev–Trinajstić information content (AvgIpc) is 3.49. The molecule has 0 spiro atoms. The predicted octanol–water partition coefficient (Wildman–Crippen LogP) is 4.87. The van der Waals surface area contributed by atoms with Gasteiger partial charge < -0.3 is 20.3 Å². The number of likely N-dealkylation sites (tertiary alicyclic amines) is 1. The summed E-state index contributed by atoms with van der Waals surface area (Å²) in [5.41, 5.74) is 8.32. The van der Waals surface area contributed by atoms with Gasteiger partial charge in [0.2, 0.25) is 5.91 Å². The molecule has 2 aliphatic rings. The van der Waals surface area contributed by atoms with Crippen molar-refractivity contribution in [2.24, 2.45) is 0 Å². The lowest BCUT2D eigenvalue weighted by atomic mass is 9.94. The summed E-state index contributed by atoms with van der Waals surface area (Å²) in [6.07, 6.45) is 6.92. The Kier molecular flexibility index (Phi) is 8.96. The lowest BCUT2D eigenvalue weighted by Crippen LogP contribution is -2.55. The minimum absolute atomic E-state index is 0.0632. The van der Waals surface area contributed by atoms with Gasteiger partial charge in [-0.05, 0) is 69.2 Å². The minimum atomic E-state index is -0.529. The summed E-state index contributed by atoms with van der Waals surface area (Å²) < 4.78 is 7.96. The number of fused-ring (bicyclic) bond motifs is 1. The van der Waals surface area contributed by atoms with Gasteiger partial charge in [-0.3, -0.25) is 18.9 Å². The molecule has 2 aromatic heterocycles. The number of nitrogens with zero attached hydrogens (tertiary/aromatic N) is 7. The van der Waals surface area contributed by atoms with Crippen LogP contribution in [0.3, 0.4) is 0 Å². The second kappa shape index (κ2) is 13.3. The molecule has 0 radical (unpaired) electrons. The van der Waals surface area contributed by atoms with Crippen LogP contribution in [0.1, 0.15) is 45.4 Å². The van der Waals surface area contributed by atoms with Crippen LogP contribution in [-0.4, -0.2) is 85.7 Å². The summed E-state index contributed by atoms with van der Waals surface area (Å²) in [7, 11) is 0. The molecule has 0 unspecified atom stereocenters. The third-order valence-electron chi connectivity index (χ3n) is 9.18. The number of amides is 2. The number of carbonyl (C=O) groups excluding carboxylic acids is 2. The van der Waals surface area contributed by atoms with Crippen molar-refractivity contribution in [3.8, 4) is 28.8 Å². The van der Waals surface area contributed by atoms with E-state index in [0.717, 1.165) is 30.0 Å². The molecule has 2 aliphatic heterocycles. The topological polar surface area (TPSA) is 133 Å². The van der Waals surface area contributed by atoms with Gasteiger partial charge in [0.05, 0.1) is 0 Å². The molecular formula is C36H40N8O3. The summed E-state index contributed by atoms with van der Waals surface area (Å²) in [5.74, 6) is 2.36. The lowest BCUT2D eigenvalue weighted by Gasteiger charge is -2.42. The van der Waals surface area contributed by atoms with E-state index in [0.29, 0.717) is 62.0 Å². The fourth-order valence-electron chi connectivity index (χ4n) is 6.61. The number of ether oxygens (including phenoxy) is 1. The molecule has 4 heterocycles. The number of hydrogen-bond acceptors (Lipinski definition) is 8. The van der Waals surface area contributed by atoms with Crippen molar-refractivity contribution in [2.75, 3.05) is 45.0 Å². The summed E-state index contributed by atoms with van der Waals surface area (Å²) >= 11 is 0. The number of piperazine rings is 1. The highest BCUT2D eigenvalue weighted by atomic mass is 16.5. The van der Waals surface area contributed by atoms with Crippen molar-refractivity contribution in [1.82, 2.24) is 29.1 Å². The van der Waals surface area contributed by atoms with Crippen LogP contribution in [0.15, 0.2) is 78.6 Å². The highest BCUT2D eigenvalue weighted by Crippen LogP contribution is 2.35. The summed E-state index contributed by atoms with van der Waals surface area (Å²) in [6, 6.07) is 19.5. The van der Waals surface area contributed by atoms with Crippen LogP contribution in [0, 0.1) is 11.3 Å². The zero-order valence-corrected chi connectivity index (χ0v) is 27.1. The molecule has 2 fully saturated rings. The van der Waals surface area contributed by atoms with Gasteiger partial charge in [-0.15, -0.1) is 0 Å². The smallest absolute Gasteiger partial charge is 0.264 e. The Morgan fingerprint density at radius 2 is 1.70 bits per heavy atom. The van der Waals surface area contributed by atoms with Crippen molar-refractivity contribution in [2.45, 2.75) is 45.1 Å². The van der Waals surface area contributed by atoms with E-state index in [1.165, 1.54) is 0 Å². The van der Waals surface area contributed by atoms with Crippen LogP contribution >= 0.6 is 0 Å². The van der Waals surface area contributed by atoms with Crippen molar-refractivity contribution in [3.05, 3.63) is 84.5 Å². The first kappa shape index (κ1) is 31.8. The van der Waals surface area contributed by atoms with Crippen LogP contribution in [-0.2, 0) is 9.59 Å². The number of aromatic nitrogens is 3. The van der Waals surface area contributed by atoms with Crippen molar-refractivity contribution >= 4 is 23.1 Å². The molecule has 2 amide bonds. The summed E-state index contributed by atoms with van der Waals surface area (Å²) in [5, 5.41) is 10.1. The summed E-state index contributed by atoms with van der Waals surface area (Å²) in [6.45, 7) is 9.21. The molecule has 2 saturated heterocycles. The average molecular weight is 633 g/mol. The van der Waals surface area contributed by atoms with Gasteiger partial charge in [-0.1, -0.05) is 18.2 Å². The van der Waals surface area contributed by atoms with Crippen molar-refractivity contribution < 1.29 is 14.3 Å². The third kappa shape index (κ3) is 6.69. The predicted molar refractivity (Wildman–Crippen MR) is 180 cm³/mol. The minimum Gasteiger partial charge on any atom is -0.457 e. The largest absolute Gasteiger partial charge is 0.457 e. The van der Waals surface area contributed by atoms with E-state index in [2.05, 4.69) is 16.0 Å². The number of imidazole rings is 1. The van der Waals surface area contributed by atoms with E-state index in [1.54, 1.807) is 24.1 Å².